The van der Waals surface area contributed by atoms with Gasteiger partial charge in [0.15, 0.2) is 0 Å². The standard InChI is InChI=1S/C13H9IO2S/c14-10-3-7-12(8-4-10)17-11-5-1-9(2-6-11)13(15)16/h1-8H,(H,15,16). The third-order valence-electron chi connectivity index (χ3n) is 2.15. The minimum atomic E-state index is -0.893. The molecule has 17 heavy (non-hydrogen) atoms. The average Bonchev–Trinajstić information content (AvgIpc) is 2.33. The van der Waals surface area contributed by atoms with E-state index in [2.05, 4.69) is 46.9 Å². The Morgan fingerprint density at radius 2 is 1.41 bits per heavy atom. The minimum absolute atomic E-state index is 0.317. The number of carboxylic acids is 1. The summed E-state index contributed by atoms with van der Waals surface area (Å²) in [5.41, 5.74) is 0.317. The SMILES string of the molecule is O=C(O)c1ccc(Sc2ccc(I)cc2)cc1. The van der Waals surface area contributed by atoms with Crippen LogP contribution in [-0.4, -0.2) is 11.1 Å². The van der Waals surface area contributed by atoms with Crippen LogP contribution in [0.2, 0.25) is 0 Å². The Labute approximate surface area is 117 Å². The molecule has 0 aliphatic heterocycles. The molecular formula is C13H9IO2S. The molecule has 2 aromatic rings. The molecule has 2 nitrogen and oxygen atoms in total. The number of hydrogen-bond acceptors (Lipinski definition) is 2. The zero-order valence-corrected chi connectivity index (χ0v) is 11.7. The Morgan fingerprint density at radius 3 is 1.88 bits per heavy atom. The number of benzene rings is 2. The average molecular weight is 356 g/mol. The molecule has 2 aromatic carbocycles. The Balaban J connectivity index is 2.13. The highest BCUT2D eigenvalue weighted by atomic mass is 127. The highest BCUT2D eigenvalue weighted by Gasteiger charge is 2.02. The van der Waals surface area contributed by atoms with E-state index < -0.39 is 5.97 Å². The van der Waals surface area contributed by atoms with E-state index in [-0.39, 0.29) is 0 Å². The third-order valence-corrected chi connectivity index (χ3v) is 3.89. The van der Waals surface area contributed by atoms with Crippen LogP contribution in [0.25, 0.3) is 0 Å². The van der Waals surface area contributed by atoms with E-state index in [9.17, 15) is 4.79 Å². The molecular weight excluding hydrogens is 347 g/mol. The monoisotopic (exact) mass is 356 g/mol. The molecule has 0 heterocycles. The van der Waals surface area contributed by atoms with E-state index in [1.54, 1.807) is 23.9 Å². The molecule has 0 spiro atoms. The van der Waals surface area contributed by atoms with Crippen molar-refractivity contribution in [2.75, 3.05) is 0 Å². The fourth-order valence-electron chi connectivity index (χ4n) is 1.30. The molecule has 0 unspecified atom stereocenters. The maximum Gasteiger partial charge on any atom is 0.335 e. The lowest BCUT2D eigenvalue weighted by molar-refractivity contribution is 0.0697. The molecule has 4 heteroatoms. The second-order valence-corrected chi connectivity index (χ2v) is 5.78. The van der Waals surface area contributed by atoms with Crippen molar-refractivity contribution in [3.05, 3.63) is 57.7 Å². The van der Waals surface area contributed by atoms with E-state index in [0.29, 0.717) is 5.56 Å². The minimum Gasteiger partial charge on any atom is -0.478 e. The molecule has 0 bridgehead atoms. The van der Waals surface area contributed by atoms with Crippen LogP contribution < -0.4 is 0 Å². The van der Waals surface area contributed by atoms with Gasteiger partial charge in [-0.3, -0.25) is 0 Å². The first-order valence-corrected chi connectivity index (χ1v) is 6.81. The van der Waals surface area contributed by atoms with Gasteiger partial charge >= 0.3 is 5.97 Å². The molecule has 0 aliphatic rings. The molecule has 0 aromatic heterocycles. The molecule has 1 N–H and O–H groups in total. The van der Waals surface area contributed by atoms with E-state index in [0.717, 1.165) is 9.79 Å². The zero-order valence-electron chi connectivity index (χ0n) is 8.76. The number of halogens is 1. The first-order chi connectivity index (χ1) is 8.15. The largest absolute Gasteiger partial charge is 0.478 e. The predicted octanol–water partition coefficient (Wildman–Crippen LogP) is 4.14. The van der Waals surface area contributed by atoms with E-state index >= 15 is 0 Å². The fourth-order valence-corrected chi connectivity index (χ4v) is 2.48. The Bertz CT molecular complexity index is 520. The molecule has 0 saturated carbocycles. The van der Waals surface area contributed by atoms with Crippen LogP contribution in [-0.2, 0) is 0 Å². The van der Waals surface area contributed by atoms with Gasteiger partial charge in [0, 0.05) is 13.4 Å². The van der Waals surface area contributed by atoms with Crippen LogP contribution in [0.3, 0.4) is 0 Å². The zero-order chi connectivity index (χ0) is 12.3. The van der Waals surface area contributed by atoms with Gasteiger partial charge in [-0.1, -0.05) is 11.8 Å². The summed E-state index contributed by atoms with van der Waals surface area (Å²) < 4.78 is 1.20. The number of hydrogen-bond donors (Lipinski definition) is 1. The highest BCUT2D eigenvalue weighted by molar-refractivity contribution is 14.1. The Kier molecular flexibility index (Phi) is 4.06. The molecule has 0 aliphatic carbocycles. The van der Waals surface area contributed by atoms with Crippen molar-refractivity contribution in [1.82, 2.24) is 0 Å². The molecule has 86 valence electrons. The van der Waals surface area contributed by atoms with Gasteiger partial charge in [-0.15, -0.1) is 0 Å². The van der Waals surface area contributed by atoms with E-state index in [1.807, 2.05) is 12.1 Å². The van der Waals surface area contributed by atoms with Crippen molar-refractivity contribution in [3.63, 3.8) is 0 Å². The van der Waals surface area contributed by atoms with E-state index in [4.69, 9.17) is 5.11 Å². The second kappa shape index (κ2) is 5.55. The van der Waals surface area contributed by atoms with E-state index in [1.165, 1.54) is 3.57 Å². The number of aromatic carboxylic acids is 1. The van der Waals surface area contributed by atoms with Gasteiger partial charge in [0.1, 0.15) is 0 Å². The topological polar surface area (TPSA) is 37.3 Å². The number of rotatable bonds is 3. The van der Waals surface area contributed by atoms with Gasteiger partial charge in [0.25, 0.3) is 0 Å². The van der Waals surface area contributed by atoms with Crippen molar-refractivity contribution in [1.29, 1.82) is 0 Å². The first kappa shape index (κ1) is 12.4. The highest BCUT2D eigenvalue weighted by Crippen LogP contribution is 2.28. The van der Waals surface area contributed by atoms with Gasteiger partial charge in [-0.25, -0.2) is 4.79 Å². The molecule has 0 atom stereocenters. The molecule has 0 amide bonds. The summed E-state index contributed by atoms with van der Waals surface area (Å²) in [5, 5.41) is 8.79. The quantitative estimate of drug-likeness (QED) is 0.840. The summed E-state index contributed by atoms with van der Waals surface area (Å²) in [6, 6.07) is 15.1. The van der Waals surface area contributed by atoms with Crippen LogP contribution in [0, 0.1) is 3.57 Å². The van der Waals surface area contributed by atoms with Crippen molar-refractivity contribution < 1.29 is 9.90 Å². The Morgan fingerprint density at radius 1 is 0.941 bits per heavy atom. The van der Waals surface area contributed by atoms with Crippen LogP contribution in [0.5, 0.6) is 0 Å². The van der Waals surface area contributed by atoms with Gasteiger partial charge in [-0.2, -0.15) is 0 Å². The second-order valence-electron chi connectivity index (χ2n) is 3.39. The van der Waals surface area contributed by atoms with Gasteiger partial charge in [0.2, 0.25) is 0 Å². The summed E-state index contributed by atoms with van der Waals surface area (Å²) in [6.45, 7) is 0. The molecule has 0 fully saturated rings. The van der Waals surface area contributed by atoms with Crippen LogP contribution >= 0.6 is 34.4 Å². The van der Waals surface area contributed by atoms with Gasteiger partial charge in [0.05, 0.1) is 5.56 Å². The lowest BCUT2D eigenvalue weighted by atomic mass is 10.2. The van der Waals surface area contributed by atoms with Crippen molar-refractivity contribution in [3.8, 4) is 0 Å². The number of carboxylic acid groups (broad SMARTS) is 1. The third kappa shape index (κ3) is 3.47. The Hall–Kier alpha value is -1.01. The normalized spacial score (nSPS) is 10.2. The summed E-state index contributed by atoms with van der Waals surface area (Å²) in [7, 11) is 0. The predicted molar refractivity (Wildman–Crippen MR) is 76.7 cm³/mol. The first-order valence-electron chi connectivity index (χ1n) is 4.92. The smallest absolute Gasteiger partial charge is 0.335 e. The maximum absolute atomic E-state index is 10.7. The molecule has 2 rings (SSSR count). The van der Waals surface area contributed by atoms with Crippen molar-refractivity contribution in [2.24, 2.45) is 0 Å². The fraction of sp³-hybridized carbons (Fsp3) is 0. The summed E-state index contributed by atoms with van der Waals surface area (Å²) >= 11 is 3.88. The molecule has 0 saturated heterocycles. The van der Waals surface area contributed by atoms with Gasteiger partial charge in [-0.05, 0) is 71.1 Å². The summed E-state index contributed by atoms with van der Waals surface area (Å²) in [6.07, 6.45) is 0. The summed E-state index contributed by atoms with van der Waals surface area (Å²) in [4.78, 5) is 12.9. The van der Waals surface area contributed by atoms with Gasteiger partial charge < -0.3 is 5.11 Å². The molecule has 0 radical (unpaired) electrons. The van der Waals surface area contributed by atoms with Crippen LogP contribution in [0.1, 0.15) is 10.4 Å². The summed E-state index contributed by atoms with van der Waals surface area (Å²) in [5.74, 6) is -0.893. The van der Waals surface area contributed by atoms with Crippen LogP contribution in [0.15, 0.2) is 58.3 Å². The van der Waals surface area contributed by atoms with Crippen molar-refractivity contribution >= 4 is 40.3 Å². The number of carbonyl (C=O) groups is 1. The lowest BCUT2D eigenvalue weighted by Gasteiger charge is -2.02. The lowest BCUT2D eigenvalue weighted by Crippen LogP contribution is -1.94. The maximum atomic E-state index is 10.7. The van der Waals surface area contributed by atoms with Crippen molar-refractivity contribution in [2.45, 2.75) is 9.79 Å². The van der Waals surface area contributed by atoms with Crippen LogP contribution in [0.4, 0.5) is 0 Å².